The first-order valence-electron chi connectivity index (χ1n) is 14.2. The van der Waals surface area contributed by atoms with Crippen LogP contribution in [0.3, 0.4) is 0 Å². The molecule has 0 aliphatic heterocycles. The molecule has 0 bridgehead atoms. The zero-order valence-corrected chi connectivity index (χ0v) is 24.1. The molecule has 1 aromatic heterocycles. The van der Waals surface area contributed by atoms with Crippen LogP contribution in [0.15, 0.2) is 97.1 Å². The van der Waals surface area contributed by atoms with E-state index in [1.54, 1.807) is 12.1 Å². The van der Waals surface area contributed by atoms with Gasteiger partial charge in [0.15, 0.2) is 0 Å². The lowest BCUT2D eigenvalue weighted by atomic mass is 10.0. The number of anilines is 3. The second kappa shape index (κ2) is 12.7. The van der Waals surface area contributed by atoms with E-state index in [1.807, 2.05) is 79.7 Å². The van der Waals surface area contributed by atoms with Gasteiger partial charge in [0.2, 0.25) is 5.95 Å². The summed E-state index contributed by atoms with van der Waals surface area (Å²) in [5, 5.41) is 10.9. The van der Waals surface area contributed by atoms with Crippen LogP contribution >= 0.6 is 0 Å². The molecule has 6 nitrogen and oxygen atoms in total. The smallest absolute Gasteiger partial charge is 0.255 e. The summed E-state index contributed by atoms with van der Waals surface area (Å²) in [6.45, 7) is 9.54. The molecule has 0 aliphatic rings. The Kier molecular flexibility index (Phi) is 8.70. The summed E-state index contributed by atoms with van der Waals surface area (Å²) in [6, 6.07) is 32.1. The van der Waals surface area contributed by atoms with Crippen LogP contribution in [-0.2, 0) is 6.54 Å². The Bertz CT molecular complexity index is 1630. The zero-order valence-electron chi connectivity index (χ0n) is 24.1. The first kappa shape index (κ1) is 28.0. The third kappa shape index (κ3) is 7.16. The molecule has 0 radical (unpaired) electrons. The average molecular weight is 544 g/mol. The van der Waals surface area contributed by atoms with E-state index in [4.69, 9.17) is 9.97 Å². The topological polar surface area (TPSA) is 78.9 Å². The summed E-state index contributed by atoms with van der Waals surface area (Å²) >= 11 is 0. The highest BCUT2D eigenvalue weighted by molar-refractivity contribution is 6.04. The Morgan fingerprint density at radius 1 is 0.829 bits per heavy atom. The predicted molar refractivity (Wildman–Crippen MR) is 170 cm³/mol. The second-order valence-corrected chi connectivity index (χ2v) is 11.0. The van der Waals surface area contributed by atoms with Crippen LogP contribution in [0.5, 0.6) is 0 Å². The standard InChI is InChI=1S/C35H37N5O/c1-23(2)20-25(4)36-22-26-14-19-31(24(3)21-26)38-34(41)28-15-17-29(18-16-28)37-35-39-32-13-9-8-12-30(32)33(40-35)27-10-6-5-7-11-27/h5-19,21,23,25,36H,20,22H2,1-4H3,(H,38,41)(H,37,39,40). The number of carbonyl (C=O) groups is 1. The molecule has 0 saturated carbocycles. The van der Waals surface area contributed by atoms with Crippen molar-refractivity contribution in [3.63, 3.8) is 0 Å². The number of rotatable bonds is 10. The van der Waals surface area contributed by atoms with Gasteiger partial charge in [-0.15, -0.1) is 0 Å². The summed E-state index contributed by atoms with van der Waals surface area (Å²) in [7, 11) is 0. The number of amides is 1. The molecule has 0 fully saturated rings. The minimum Gasteiger partial charge on any atom is -0.324 e. The SMILES string of the molecule is Cc1cc(CNC(C)CC(C)C)ccc1NC(=O)c1ccc(Nc2nc(-c3ccccc3)c3ccccc3n2)cc1. The fraction of sp³-hybridized carbons (Fsp3) is 0.229. The van der Waals surface area contributed by atoms with E-state index in [2.05, 4.69) is 48.9 Å². The number of fused-ring (bicyclic) bond motifs is 1. The fourth-order valence-electron chi connectivity index (χ4n) is 5.04. The van der Waals surface area contributed by atoms with Gasteiger partial charge >= 0.3 is 0 Å². The maximum absolute atomic E-state index is 13.0. The van der Waals surface area contributed by atoms with E-state index >= 15 is 0 Å². The van der Waals surface area contributed by atoms with Crippen molar-refractivity contribution in [1.82, 2.24) is 15.3 Å². The van der Waals surface area contributed by atoms with Crippen LogP contribution in [0.25, 0.3) is 22.2 Å². The molecule has 4 aromatic carbocycles. The van der Waals surface area contributed by atoms with Crippen molar-refractivity contribution in [1.29, 1.82) is 0 Å². The lowest BCUT2D eigenvalue weighted by molar-refractivity contribution is 0.102. The van der Waals surface area contributed by atoms with Gasteiger partial charge in [0.25, 0.3) is 5.91 Å². The van der Waals surface area contributed by atoms with Crippen molar-refractivity contribution in [2.24, 2.45) is 5.92 Å². The molecule has 1 unspecified atom stereocenters. The lowest BCUT2D eigenvalue weighted by Crippen LogP contribution is -2.26. The van der Waals surface area contributed by atoms with Crippen LogP contribution in [0, 0.1) is 12.8 Å². The van der Waals surface area contributed by atoms with Crippen molar-refractivity contribution in [3.05, 3.63) is 114 Å². The quantitative estimate of drug-likeness (QED) is 0.166. The number of aryl methyl sites for hydroxylation is 1. The molecule has 5 aromatic rings. The number of hydrogen-bond acceptors (Lipinski definition) is 5. The van der Waals surface area contributed by atoms with Crippen LogP contribution in [0.4, 0.5) is 17.3 Å². The Balaban J connectivity index is 1.25. The van der Waals surface area contributed by atoms with Crippen molar-refractivity contribution >= 4 is 34.1 Å². The van der Waals surface area contributed by atoms with Crippen LogP contribution in [0.1, 0.15) is 48.7 Å². The molecule has 1 atom stereocenters. The Morgan fingerprint density at radius 3 is 2.29 bits per heavy atom. The molecule has 1 heterocycles. The predicted octanol–water partition coefficient (Wildman–Crippen LogP) is 8.13. The number of nitrogens with zero attached hydrogens (tertiary/aromatic N) is 2. The molecule has 41 heavy (non-hydrogen) atoms. The molecule has 0 spiro atoms. The summed E-state index contributed by atoms with van der Waals surface area (Å²) in [5.41, 5.74) is 7.20. The monoisotopic (exact) mass is 543 g/mol. The first-order valence-corrected chi connectivity index (χ1v) is 14.2. The fourth-order valence-corrected chi connectivity index (χ4v) is 5.04. The summed E-state index contributed by atoms with van der Waals surface area (Å²) in [6.07, 6.45) is 1.14. The Morgan fingerprint density at radius 2 is 1.56 bits per heavy atom. The van der Waals surface area contributed by atoms with Crippen LogP contribution in [-0.4, -0.2) is 21.9 Å². The minimum atomic E-state index is -0.149. The molecule has 3 N–H and O–H groups in total. The van der Waals surface area contributed by atoms with Crippen molar-refractivity contribution in [2.75, 3.05) is 10.6 Å². The van der Waals surface area contributed by atoms with Crippen molar-refractivity contribution in [2.45, 2.75) is 46.7 Å². The van der Waals surface area contributed by atoms with Gasteiger partial charge in [-0.3, -0.25) is 4.79 Å². The molecule has 5 rings (SSSR count). The van der Waals surface area contributed by atoms with Crippen molar-refractivity contribution in [3.8, 4) is 11.3 Å². The van der Waals surface area contributed by atoms with E-state index in [9.17, 15) is 4.79 Å². The van der Waals surface area contributed by atoms with Gasteiger partial charge in [0.1, 0.15) is 0 Å². The zero-order chi connectivity index (χ0) is 28.8. The molecular formula is C35H37N5O. The second-order valence-electron chi connectivity index (χ2n) is 11.0. The highest BCUT2D eigenvalue weighted by atomic mass is 16.1. The van der Waals surface area contributed by atoms with Crippen molar-refractivity contribution < 1.29 is 4.79 Å². The number of nitrogens with one attached hydrogen (secondary N) is 3. The largest absolute Gasteiger partial charge is 0.324 e. The lowest BCUT2D eigenvalue weighted by Gasteiger charge is -2.17. The van der Waals surface area contributed by atoms with Crippen LogP contribution in [0.2, 0.25) is 0 Å². The number of carbonyl (C=O) groups excluding carboxylic acids is 1. The van der Waals surface area contributed by atoms with Gasteiger partial charge in [-0.1, -0.05) is 74.5 Å². The summed E-state index contributed by atoms with van der Waals surface area (Å²) in [5.74, 6) is 1.02. The van der Waals surface area contributed by atoms with E-state index in [1.165, 1.54) is 5.56 Å². The highest BCUT2D eigenvalue weighted by Crippen LogP contribution is 2.28. The van der Waals surface area contributed by atoms with E-state index in [-0.39, 0.29) is 5.91 Å². The van der Waals surface area contributed by atoms with E-state index < -0.39 is 0 Å². The van der Waals surface area contributed by atoms with Crippen LogP contribution < -0.4 is 16.0 Å². The van der Waals surface area contributed by atoms with Gasteiger partial charge in [-0.2, -0.15) is 0 Å². The maximum atomic E-state index is 13.0. The van der Waals surface area contributed by atoms with Gasteiger partial charge in [-0.05, 0) is 73.7 Å². The van der Waals surface area contributed by atoms with Gasteiger partial charge < -0.3 is 16.0 Å². The number of benzene rings is 4. The third-order valence-electron chi connectivity index (χ3n) is 7.07. The molecule has 6 heteroatoms. The molecule has 0 aliphatic carbocycles. The third-order valence-corrected chi connectivity index (χ3v) is 7.07. The van der Waals surface area contributed by atoms with E-state index in [0.29, 0.717) is 23.5 Å². The molecule has 0 saturated heterocycles. The number of aromatic nitrogens is 2. The normalized spacial score (nSPS) is 11.9. The average Bonchev–Trinajstić information content (AvgIpc) is 2.97. The van der Waals surface area contributed by atoms with Gasteiger partial charge in [0, 0.05) is 40.5 Å². The highest BCUT2D eigenvalue weighted by Gasteiger charge is 2.12. The van der Waals surface area contributed by atoms with E-state index in [0.717, 1.165) is 52.1 Å². The maximum Gasteiger partial charge on any atom is 0.255 e. The Hall–Kier alpha value is -4.55. The summed E-state index contributed by atoms with van der Waals surface area (Å²) in [4.78, 5) is 22.6. The first-order chi connectivity index (χ1) is 19.9. The molecular weight excluding hydrogens is 506 g/mol. The van der Waals surface area contributed by atoms with Gasteiger partial charge in [0.05, 0.1) is 11.2 Å². The minimum absolute atomic E-state index is 0.149. The number of hydrogen-bond donors (Lipinski definition) is 3. The summed E-state index contributed by atoms with van der Waals surface area (Å²) < 4.78 is 0. The Labute approximate surface area is 242 Å². The molecule has 1 amide bonds. The number of para-hydroxylation sites is 1. The van der Waals surface area contributed by atoms with Gasteiger partial charge in [-0.25, -0.2) is 9.97 Å². The molecule has 208 valence electrons.